The van der Waals surface area contributed by atoms with Crippen molar-refractivity contribution in [3.8, 4) is 6.07 Å². The van der Waals surface area contributed by atoms with Crippen LogP contribution in [-0.2, 0) is 6.54 Å². The Hall–Kier alpha value is -2.19. The minimum absolute atomic E-state index is 0.381. The molecule has 5 nitrogen and oxygen atoms in total. The molecule has 21 heavy (non-hydrogen) atoms. The molecule has 110 valence electrons. The summed E-state index contributed by atoms with van der Waals surface area (Å²) in [6.45, 7) is 3.40. The number of rotatable bonds is 6. The van der Waals surface area contributed by atoms with Crippen molar-refractivity contribution in [2.24, 2.45) is 0 Å². The van der Waals surface area contributed by atoms with Crippen molar-refractivity contribution in [2.45, 2.75) is 26.3 Å². The van der Waals surface area contributed by atoms with Crippen molar-refractivity contribution >= 4 is 23.2 Å². The molecular weight excluding hydrogens is 286 g/mol. The maximum Gasteiger partial charge on any atom is 0.168 e. The van der Waals surface area contributed by atoms with Gasteiger partial charge in [-0.05, 0) is 24.1 Å². The van der Waals surface area contributed by atoms with E-state index in [1.807, 2.05) is 24.3 Å². The zero-order valence-electron chi connectivity index (χ0n) is 11.9. The summed E-state index contributed by atoms with van der Waals surface area (Å²) in [6.07, 6.45) is 2.10. The van der Waals surface area contributed by atoms with E-state index < -0.39 is 0 Å². The summed E-state index contributed by atoms with van der Waals surface area (Å²) in [5, 5.41) is 17.5. The molecule has 0 bridgehead atoms. The second kappa shape index (κ2) is 7.00. The highest BCUT2D eigenvalue weighted by molar-refractivity contribution is 6.30. The molecule has 2 aromatic rings. The van der Waals surface area contributed by atoms with Crippen molar-refractivity contribution in [1.29, 1.82) is 5.26 Å². The van der Waals surface area contributed by atoms with Gasteiger partial charge in [0.05, 0.1) is 6.54 Å². The van der Waals surface area contributed by atoms with Crippen LogP contribution in [0.1, 0.15) is 30.9 Å². The Morgan fingerprint density at radius 1 is 1.38 bits per heavy atom. The summed E-state index contributed by atoms with van der Waals surface area (Å²) in [6, 6.07) is 9.59. The minimum atomic E-state index is 0.381. The number of anilines is 2. The van der Waals surface area contributed by atoms with Crippen molar-refractivity contribution in [1.82, 2.24) is 9.78 Å². The van der Waals surface area contributed by atoms with E-state index >= 15 is 0 Å². The lowest BCUT2D eigenvalue weighted by atomic mass is 10.2. The number of nitrogen functional groups attached to an aromatic ring is 1. The average Bonchev–Trinajstić information content (AvgIpc) is 2.77. The van der Waals surface area contributed by atoms with E-state index in [1.165, 1.54) is 0 Å². The molecule has 0 aliphatic rings. The molecule has 0 saturated carbocycles. The van der Waals surface area contributed by atoms with Crippen LogP contribution in [0.3, 0.4) is 0 Å². The van der Waals surface area contributed by atoms with E-state index in [1.54, 1.807) is 4.68 Å². The van der Waals surface area contributed by atoms with Gasteiger partial charge in [0.2, 0.25) is 0 Å². The second-order valence-corrected chi connectivity index (χ2v) is 5.22. The van der Waals surface area contributed by atoms with Gasteiger partial charge in [-0.25, -0.2) is 4.68 Å². The van der Waals surface area contributed by atoms with E-state index in [9.17, 15) is 5.26 Å². The van der Waals surface area contributed by atoms with Crippen LogP contribution >= 0.6 is 11.6 Å². The molecule has 0 atom stereocenters. The third-order valence-corrected chi connectivity index (χ3v) is 3.42. The number of nitrogens with one attached hydrogen (secondary N) is 1. The smallest absolute Gasteiger partial charge is 0.168 e. The number of benzene rings is 1. The molecule has 1 aromatic heterocycles. The number of aromatic nitrogens is 2. The lowest BCUT2D eigenvalue weighted by Gasteiger charge is -2.04. The Bertz CT molecular complexity index is 639. The second-order valence-electron chi connectivity index (χ2n) is 4.79. The standard InChI is InChI=1S/C15H18ClN5/c1-2-3-8-19-15-13(9-17)14(18)21(20-15)10-11-4-6-12(16)7-5-11/h4-7H,2-3,8,10,18H2,1H3,(H,19,20). The Labute approximate surface area is 129 Å². The normalized spacial score (nSPS) is 10.3. The molecule has 1 heterocycles. The third-order valence-electron chi connectivity index (χ3n) is 3.17. The summed E-state index contributed by atoms with van der Waals surface area (Å²) < 4.78 is 1.63. The van der Waals surface area contributed by atoms with Gasteiger partial charge >= 0.3 is 0 Å². The highest BCUT2D eigenvalue weighted by atomic mass is 35.5. The van der Waals surface area contributed by atoms with Crippen LogP contribution in [0.5, 0.6) is 0 Å². The van der Waals surface area contributed by atoms with E-state index in [0.29, 0.717) is 28.8 Å². The first-order valence-corrected chi connectivity index (χ1v) is 7.28. The van der Waals surface area contributed by atoms with Gasteiger partial charge in [-0.15, -0.1) is 0 Å². The molecule has 2 rings (SSSR count). The number of nitriles is 1. The van der Waals surface area contributed by atoms with Gasteiger partial charge in [0.25, 0.3) is 0 Å². The summed E-state index contributed by atoms with van der Waals surface area (Å²) in [5.41, 5.74) is 7.44. The van der Waals surface area contributed by atoms with E-state index in [0.717, 1.165) is 24.9 Å². The van der Waals surface area contributed by atoms with Crippen LogP contribution in [-0.4, -0.2) is 16.3 Å². The molecule has 0 fully saturated rings. The monoisotopic (exact) mass is 303 g/mol. The van der Waals surface area contributed by atoms with Gasteiger partial charge in [-0.3, -0.25) is 0 Å². The predicted octanol–water partition coefficient (Wildman–Crippen LogP) is 3.25. The first kappa shape index (κ1) is 15.2. The highest BCUT2D eigenvalue weighted by Crippen LogP contribution is 2.22. The summed E-state index contributed by atoms with van der Waals surface area (Å²) in [4.78, 5) is 0. The van der Waals surface area contributed by atoms with Gasteiger partial charge in [0, 0.05) is 11.6 Å². The van der Waals surface area contributed by atoms with Crippen molar-refractivity contribution < 1.29 is 0 Å². The Morgan fingerprint density at radius 2 is 2.10 bits per heavy atom. The maximum atomic E-state index is 9.23. The summed E-state index contributed by atoms with van der Waals surface area (Å²) in [5.74, 6) is 0.934. The van der Waals surface area contributed by atoms with Gasteiger partial charge in [0.15, 0.2) is 5.82 Å². The van der Waals surface area contributed by atoms with Crippen molar-refractivity contribution in [3.05, 3.63) is 40.4 Å². The molecule has 0 radical (unpaired) electrons. The molecule has 0 amide bonds. The SMILES string of the molecule is CCCCNc1nn(Cc2ccc(Cl)cc2)c(N)c1C#N. The van der Waals surface area contributed by atoms with Crippen LogP contribution in [0.25, 0.3) is 0 Å². The number of nitrogens with two attached hydrogens (primary N) is 1. The fraction of sp³-hybridized carbons (Fsp3) is 0.333. The highest BCUT2D eigenvalue weighted by Gasteiger charge is 2.15. The zero-order valence-corrected chi connectivity index (χ0v) is 12.7. The molecule has 0 aliphatic heterocycles. The maximum absolute atomic E-state index is 9.23. The molecule has 1 aromatic carbocycles. The zero-order chi connectivity index (χ0) is 15.2. The van der Waals surface area contributed by atoms with Gasteiger partial charge in [-0.1, -0.05) is 37.1 Å². The van der Waals surface area contributed by atoms with Gasteiger partial charge < -0.3 is 11.1 Å². The number of hydrogen-bond acceptors (Lipinski definition) is 4. The van der Waals surface area contributed by atoms with E-state index in [-0.39, 0.29) is 0 Å². The first-order chi connectivity index (χ1) is 10.2. The topological polar surface area (TPSA) is 79.7 Å². The van der Waals surface area contributed by atoms with Crippen molar-refractivity contribution in [3.63, 3.8) is 0 Å². The summed E-state index contributed by atoms with van der Waals surface area (Å²) >= 11 is 5.87. The minimum Gasteiger partial charge on any atom is -0.383 e. The van der Waals surface area contributed by atoms with E-state index in [4.69, 9.17) is 17.3 Å². The van der Waals surface area contributed by atoms with Crippen LogP contribution in [0.4, 0.5) is 11.6 Å². The number of nitrogens with zero attached hydrogens (tertiary/aromatic N) is 3. The lowest BCUT2D eigenvalue weighted by Crippen LogP contribution is -2.07. The third kappa shape index (κ3) is 3.67. The van der Waals surface area contributed by atoms with Crippen LogP contribution in [0.15, 0.2) is 24.3 Å². The lowest BCUT2D eigenvalue weighted by molar-refractivity contribution is 0.697. The Balaban J connectivity index is 2.20. The molecular formula is C15H18ClN5. The largest absolute Gasteiger partial charge is 0.383 e. The molecule has 3 N–H and O–H groups in total. The predicted molar refractivity (Wildman–Crippen MR) is 85.3 cm³/mol. The van der Waals surface area contributed by atoms with Crippen LogP contribution < -0.4 is 11.1 Å². The quantitative estimate of drug-likeness (QED) is 0.803. The van der Waals surface area contributed by atoms with E-state index in [2.05, 4.69) is 23.4 Å². The van der Waals surface area contributed by atoms with Gasteiger partial charge in [0.1, 0.15) is 17.5 Å². The fourth-order valence-electron chi connectivity index (χ4n) is 1.98. The molecule has 0 unspecified atom stereocenters. The Kier molecular flexibility index (Phi) is 5.07. The first-order valence-electron chi connectivity index (χ1n) is 6.90. The number of halogens is 1. The van der Waals surface area contributed by atoms with Crippen molar-refractivity contribution in [2.75, 3.05) is 17.6 Å². The fourth-order valence-corrected chi connectivity index (χ4v) is 2.10. The molecule has 6 heteroatoms. The molecule has 0 spiro atoms. The summed E-state index contributed by atoms with van der Waals surface area (Å²) in [7, 11) is 0. The number of unbranched alkanes of at least 4 members (excludes halogenated alkanes) is 1. The van der Waals surface area contributed by atoms with Crippen LogP contribution in [0.2, 0.25) is 5.02 Å². The average molecular weight is 304 g/mol. The van der Waals surface area contributed by atoms with Crippen LogP contribution in [0, 0.1) is 11.3 Å². The Morgan fingerprint density at radius 3 is 2.71 bits per heavy atom. The van der Waals surface area contributed by atoms with Gasteiger partial charge in [-0.2, -0.15) is 10.4 Å². The number of hydrogen-bond donors (Lipinski definition) is 2. The molecule has 0 aliphatic carbocycles. The molecule has 0 saturated heterocycles.